The van der Waals surface area contributed by atoms with E-state index in [0.29, 0.717) is 5.56 Å². The fourth-order valence-electron chi connectivity index (χ4n) is 1.97. The first-order chi connectivity index (χ1) is 9.93. The predicted octanol–water partition coefficient (Wildman–Crippen LogP) is 3.37. The van der Waals surface area contributed by atoms with Gasteiger partial charge in [0.2, 0.25) is 11.0 Å². The molecule has 2 rings (SSSR count). The summed E-state index contributed by atoms with van der Waals surface area (Å²) in [6, 6.07) is 5.77. The summed E-state index contributed by atoms with van der Waals surface area (Å²) in [6.07, 6.45) is 1.13. The Morgan fingerprint density at radius 1 is 1.38 bits per heavy atom. The molecule has 0 N–H and O–H groups in total. The summed E-state index contributed by atoms with van der Waals surface area (Å²) >= 11 is 5.76. The molecule has 0 amide bonds. The maximum Gasteiger partial charge on any atom is 0.348 e. The first kappa shape index (κ1) is 15.1. The highest BCUT2D eigenvalue weighted by Crippen LogP contribution is 2.35. The topological polar surface area (TPSA) is 72.2 Å². The van der Waals surface area contributed by atoms with Gasteiger partial charge in [0.1, 0.15) is 12.1 Å². The summed E-state index contributed by atoms with van der Waals surface area (Å²) < 4.78 is 13.8. The van der Waals surface area contributed by atoms with Crippen LogP contribution in [0.5, 0.6) is 0 Å². The van der Waals surface area contributed by atoms with Gasteiger partial charge in [-0.2, -0.15) is 0 Å². The highest BCUT2D eigenvalue weighted by molar-refractivity contribution is 6.31. The van der Waals surface area contributed by atoms with Crippen LogP contribution in [0.15, 0.2) is 30.6 Å². The Hall–Kier alpha value is -2.28. The molecular weight excluding hydrogens is 299 g/mol. The molecule has 2 aromatic rings. The van der Waals surface area contributed by atoms with Gasteiger partial charge in [-0.25, -0.2) is 14.4 Å². The monoisotopic (exact) mass is 310 g/mol. The van der Waals surface area contributed by atoms with Gasteiger partial charge in [0.25, 0.3) is 0 Å². The maximum atomic E-state index is 13.8. The minimum absolute atomic E-state index is 0.0377. The lowest BCUT2D eigenvalue weighted by atomic mass is 10.1. The van der Waals surface area contributed by atoms with Crippen LogP contribution in [0, 0.1) is 15.9 Å². The maximum absolute atomic E-state index is 13.8. The molecule has 1 atom stereocenters. The lowest BCUT2D eigenvalue weighted by Crippen LogP contribution is -2.24. The predicted molar refractivity (Wildman–Crippen MR) is 76.9 cm³/mol. The quantitative estimate of drug-likeness (QED) is 0.492. The number of hydrogen-bond acceptors (Lipinski definition) is 5. The number of nitrogens with zero attached hydrogens (tertiary/aromatic N) is 4. The van der Waals surface area contributed by atoms with E-state index in [1.807, 2.05) is 0 Å². The second-order valence-electron chi connectivity index (χ2n) is 4.40. The van der Waals surface area contributed by atoms with E-state index in [1.165, 1.54) is 11.0 Å². The van der Waals surface area contributed by atoms with Crippen molar-refractivity contribution in [1.82, 2.24) is 9.97 Å². The highest BCUT2D eigenvalue weighted by Gasteiger charge is 2.27. The third-order valence-electron chi connectivity index (χ3n) is 3.21. The van der Waals surface area contributed by atoms with Gasteiger partial charge in [-0.1, -0.05) is 29.8 Å². The van der Waals surface area contributed by atoms with Gasteiger partial charge in [0, 0.05) is 12.6 Å². The van der Waals surface area contributed by atoms with E-state index in [-0.39, 0.29) is 16.8 Å². The number of halogens is 2. The fourth-order valence-corrected chi connectivity index (χ4v) is 2.17. The summed E-state index contributed by atoms with van der Waals surface area (Å²) in [5, 5.41) is 10.9. The Balaban J connectivity index is 2.46. The van der Waals surface area contributed by atoms with Gasteiger partial charge < -0.3 is 4.90 Å². The van der Waals surface area contributed by atoms with Gasteiger partial charge in [-0.3, -0.25) is 10.1 Å². The van der Waals surface area contributed by atoms with Gasteiger partial charge in [0.05, 0.1) is 11.0 Å². The van der Waals surface area contributed by atoms with Gasteiger partial charge >= 0.3 is 5.69 Å². The smallest absolute Gasteiger partial charge is 0.347 e. The van der Waals surface area contributed by atoms with Gasteiger partial charge in [-0.15, -0.1) is 0 Å². The average Bonchev–Trinajstić information content (AvgIpc) is 2.45. The van der Waals surface area contributed by atoms with Crippen LogP contribution in [0.2, 0.25) is 5.15 Å². The van der Waals surface area contributed by atoms with Crippen molar-refractivity contribution in [1.29, 1.82) is 0 Å². The molecule has 0 bridgehead atoms. The molecule has 0 saturated heterocycles. The molecule has 0 fully saturated rings. The third kappa shape index (κ3) is 2.92. The minimum atomic E-state index is -0.651. The molecule has 1 heterocycles. The summed E-state index contributed by atoms with van der Waals surface area (Å²) in [7, 11) is 1.59. The molecule has 0 aliphatic carbocycles. The van der Waals surface area contributed by atoms with Crippen LogP contribution in [0.4, 0.5) is 15.9 Å². The van der Waals surface area contributed by atoms with Crippen LogP contribution < -0.4 is 4.90 Å². The Bertz CT molecular complexity index is 683. The molecule has 0 saturated carbocycles. The molecule has 0 radical (unpaired) electrons. The fraction of sp³-hybridized carbons (Fsp3) is 0.231. The number of hydrogen-bond donors (Lipinski definition) is 0. The van der Waals surface area contributed by atoms with Crippen LogP contribution in [-0.2, 0) is 0 Å². The molecule has 21 heavy (non-hydrogen) atoms. The molecule has 1 aromatic carbocycles. The van der Waals surface area contributed by atoms with E-state index in [1.54, 1.807) is 32.2 Å². The molecule has 6 nitrogen and oxygen atoms in total. The standard InChI is InChI=1S/C13H12ClFN4O2/c1-8(9-5-3-4-6-10(9)15)18(2)13-11(19(20)21)12(14)16-7-17-13/h3-8H,1-2H3. The Labute approximate surface area is 125 Å². The van der Waals surface area contributed by atoms with E-state index in [9.17, 15) is 14.5 Å². The zero-order chi connectivity index (χ0) is 15.6. The zero-order valence-electron chi connectivity index (χ0n) is 11.3. The van der Waals surface area contributed by atoms with Crippen LogP contribution in [0.1, 0.15) is 18.5 Å². The first-order valence-corrected chi connectivity index (χ1v) is 6.43. The van der Waals surface area contributed by atoms with Crippen molar-refractivity contribution in [3.63, 3.8) is 0 Å². The first-order valence-electron chi connectivity index (χ1n) is 6.05. The lowest BCUT2D eigenvalue weighted by molar-refractivity contribution is -0.384. The van der Waals surface area contributed by atoms with Gasteiger partial charge in [0.15, 0.2) is 0 Å². The van der Waals surface area contributed by atoms with Crippen molar-refractivity contribution in [2.24, 2.45) is 0 Å². The van der Waals surface area contributed by atoms with E-state index in [4.69, 9.17) is 11.6 Å². The number of benzene rings is 1. The summed E-state index contributed by atoms with van der Waals surface area (Å²) in [6.45, 7) is 1.72. The molecule has 1 aromatic heterocycles. The second kappa shape index (κ2) is 6.01. The van der Waals surface area contributed by atoms with Crippen LogP contribution in [-0.4, -0.2) is 21.9 Å². The third-order valence-corrected chi connectivity index (χ3v) is 3.49. The SMILES string of the molecule is CC(c1ccccc1F)N(C)c1ncnc(Cl)c1[N+](=O)[O-]. The van der Waals surface area contributed by atoms with Crippen molar-refractivity contribution in [2.45, 2.75) is 13.0 Å². The molecular formula is C13H12ClFN4O2. The average molecular weight is 311 g/mol. The Kier molecular flexibility index (Phi) is 4.32. The molecule has 8 heteroatoms. The number of rotatable bonds is 4. The lowest BCUT2D eigenvalue weighted by Gasteiger charge is -2.26. The van der Waals surface area contributed by atoms with E-state index in [0.717, 1.165) is 6.33 Å². The normalized spacial score (nSPS) is 12.0. The summed E-state index contributed by atoms with van der Waals surface area (Å²) in [4.78, 5) is 19.5. The van der Waals surface area contributed by atoms with E-state index < -0.39 is 16.7 Å². The van der Waals surface area contributed by atoms with Crippen LogP contribution in [0.25, 0.3) is 0 Å². The minimum Gasteiger partial charge on any atom is -0.347 e. The molecule has 1 unspecified atom stereocenters. The van der Waals surface area contributed by atoms with Crippen molar-refractivity contribution >= 4 is 23.1 Å². The molecule has 0 aliphatic rings. The second-order valence-corrected chi connectivity index (χ2v) is 4.76. The van der Waals surface area contributed by atoms with E-state index in [2.05, 4.69) is 9.97 Å². The van der Waals surface area contributed by atoms with E-state index >= 15 is 0 Å². The number of anilines is 1. The summed E-state index contributed by atoms with van der Waals surface area (Å²) in [5.41, 5.74) is 0.00823. The Morgan fingerprint density at radius 2 is 2.05 bits per heavy atom. The van der Waals surface area contributed by atoms with Crippen LogP contribution in [0.3, 0.4) is 0 Å². The van der Waals surface area contributed by atoms with Crippen molar-refractivity contribution < 1.29 is 9.31 Å². The van der Waals surface area contributed by atoms with Crippen molar-refractivity contribution in [2.75, 3.05) is 11.9 Å². The molecule has 110 valence electrons. The number of aromatic nitrogens is 2. The Morgan fingerprint density at radius 3 is 2.67 bits per heavy atom. The number of nitro groups is 1. The zero-order valence-corrected chi connectivity index (χ0v) is 12.1. The van der Waals surface area contributed by atoms with Crippen molar-refractivity contribution in [3.05, 3.63) is 57.2 Å². The van der Waals surface area contributed by atoms with Crippen molar-refractivity contribution in [3.8, 4) is 0 Å². The van der Waals surface area contributed by atoms with Gasteiger partial charge in [-0.05, 0) is 13.0 Å². The summed E-state index contributed by atoms with van der Waals surface area (Å²) in [5.74, 6) is -0.351. The highest BCUT2D eigenvalue weighted by atomic mass is 35.5. The molecule has 0 aliphatic heterocycles. The largest absolute Gasteiger partial charge is 0.348 e. The molecule has 0 spiro atoms. The van der Waals surface area contributed by atoms with Crippen LogP contribution >= 0.6 is 11.6 Å².